The highest BCUT2D eigenvalue weighted by molar-refractivity contribution is 14.1. The predicted octanol–water partition coefficient (Wildman–Crippen LogP) is 3.42. The third-order valence-electron chi connectivity index (χ3n) is 2.02. The van der Waals surface area contributed by atoms with Crippen LogP contribution in [-0.2, 0) is 22.1 Å². The van der Waals surface area contributed by atoms with Gasteiger partial charge in [0.25, 0.3) is 0 Å². The second-order valence-electron chi connectivity index (χ2n) is 3.29. The van der Waals surface area contributed by atoms with Crippen LogP contribution in [0.15, 0.2) is 18.2 Å². The van der Waals surface area contributed by atoms with Crippen molar-refractivity contribution in [3.05, 3.63) is 32.9 Å². The van der Waals surface area contributed by atoms with Gasteiger partial charge in [-0.2, -0.15) is 13.2 Å². The Kier molecular flexibility index (Phi) is 4.79. The van der Waals surface area contributed by atoms with Crippen LogP contribution in [0.3, 0.4) is 0 Å². The summed E-state index contributed by atoms with van der Waals surface area (Å²) < 4.78 is 42.3. The number of benzene rings is 1. The summed E-state index contributed by atoms with van der Waals surface area (Å²) in [5.74, 6) is -0.440. The molecule has 0 saturated heterocycles. The van der Waals surface area contributed by atoms with Crippen molar-refractivity contribution in [2.24, 2.45) is 0 Å². The molecule has 0 amide bonds. The number of carbonyl (C=O) groups excluding carboxylic acids is 1. The fraction of sp³-hybridized carbons (Fsp3) is 0.364. The normalized spacial score (nSPS) is 11.4. The second-order valence-corrected chi connectivity index (χ2v) is 4.45. The van der Waals surface area contributed by atoms with Crippen LogP contribution in [0.5, 0.6) is 0 Å². The van der Waals surface area contributed by atoms with Crippen LogP contribution in [0.1, 0.15) is 18.1 Å². The number of halogens is 4. The van der Waals surface area contributed by atoms with Gasteiger partial charge < -0.3 is 4.74 Å². The summed E-state index contributed by atoms with van der Waals surface area (Å²) in [7, 11) is 0. The number of alkyl halides is 3. The molecule has 1 rings (SSSR count). The molecule has 0 aliphatic rings. The highest BCUT2D eigenvalue weighted by Gasteiger charge is 2.30. The van der Waals surface area contributed by atoms with Gasteiger partial charge in [-0.15, -0.1) is 0 Å². The molecule has 0 fully saturated rings. The van der Waals surface area contributed by atoms with Crippen molar-refractivity contribution in [3.63, 3.8) is 0 Å². The molecule has 0 atom stereocenters. The third-order valence-corrected chi connectivity index (χ3v) is 3.02. The molecule has 0 bridgehead atoms. The topological polar surface area (TPSA) is 26.3 Å². The molecule has 6 heteroatoms. The zero-order chi connectivity index (χ0) is 13.1. The van der Waals surface area contributed by atoms with Crippen LogP contribution in [-0.4, -0.2) is 12.6 Å². The van der Waals surface area contributed by atoms with E-state index in [9.17, 15) is 18.0 Å². The maximum Gasteiger partial charge on any atom is 0.416 e. The second kappa shape index (κ2) is 5.70. The maximum absolute atomic E-state index is 12.4. The van der Waals surface area contributed by atoms with Crippen molar-refractivity contribution < 1.29 is 22.7 Å². The van der Waals surface area contributed by atoms with E-state index in [4.69, 9.17) is 4.74 Å². The van der Waals surface area contributed by atoms with Gasteiger partial charge in [0.15, 0.2) is 0 Å². The first-order valence-electron chi connectivity index (χ1n) is 4.86. The maximum atomic E-state index is 12.4. The Labute approximate surface area is 110 Å². The summed E-state index contributed by atoms with van der Waals surface area (Å²) >= 11 is 1.78. The number of hydrogen-bond donors (Lipinski definition) is 0. The lowest BCUT2D eigenvalue weighted by atomic mass is 10.1. The van der Waals surface area contributed by atoms with Gasteiger partial charge in [-0.3, -0.25) is 4.79 Å². The Hall–Kier alpha value is -0.790. The van der Waals surface area contributed by atoms with E-state index in [0.717, 1.165) is 12.1 Å². The van der Waals surface area contributed by atoms with E-state index in [1.165, 1.54) is 6.07 Å². The molecular weight excluding hydrogens is 348 g/mol. The molecule has 0 aromatic heterocycles. The van der Waals surface area contributed by atoms with E-state index in [0.29, 0.717) is 9.13 Å². The summed E-state index contributed by atoms with van der Waals surface area (Å²) in [6.07, 6.45) is -4.37. The number of carbonyl (C=O) groups is 1. The zero-order valence-electron chi connectivity index (χ0n) is 8.97. The molecule has 0 N–H and O–H groups in total. The standard InChI is InChI=1S/C11H10F3IO2/c1-2-17-10(16)5-7-3-4-8(6-9(7)15)11(12,13)14/h3-4,6H,2,5H2,1H3. The Morgan fingerprint density at radius 1 is 1.41 bits per heavy atom. The summed E-state index contributed by atoms with van der Waals surface area (Å²) in [5, 5.41) is 0. The molecular formula is C11H10F3IO2. The average molecular weight is 358 g/mol. The summed E-state index contributed by atoms with van der Waals surface area (Å²) in [6.45, 7) is 1.94. The van der Waals surface area contributed by atoms with E-state index in [2.05, 4.69) is 0 Å². The minimum absolute atomic E-state index is 0.00967. The molecule has 1 aromatic carbocycles. The van der Waals surface area contributed by atoms with Crippen molar-refractivity contribution in [2.75, 3.05) is 6.61 Å². The molecule has 1 aromatic rings. The minimum atomic E-state index is -4.36. The van der Waals surface area contributed by atoms with E-state index in [1.54, 1.807) is 29.5 Å². The summed E-state index contributed by atoms with van der Waals surface area (Å²) in [5.41, 5.74) is -0.174. The third kappa shape index (κ3) is 4.18. The lowest BCUT2D eigenvalue weighted by Crippen LogP contribution is -2.10. The highest BCUT2D eigenvalue weighted by Crippen LogP contribution is 2.31. The van der Waals surface area contributed by atoms with Gasteiger partial charge in [-0.1, -0.05) is 6.07 Å². The zero-order valence-corrected chi connectivity index (χ0v) is 11.1. The van der Waals surface area contributed by atoms with Crippen molar-refractivity contribution in [1.29, 1.82) is 0 Å². The molecule has 0 radical (unpaired) electrons. The van der Waals surface area contributed by atoms with Crippen LogP contribution in [0, 0.1) is 3.57 Å². The first-order chi connectivity index (χ1) is 7.84. The number of esters is 1. The smallest absolute Gasteiger partial charge is 0.416 e. The van der Waals surface area contributed by atoms with E-state index >= 15 is 0 Å². The Bertz CT molecular complexity index is 416. The van der Waals surface area contributed by atoms with Crippen LogP contribution in [0.4, 0.5) is 13.2 Å². The number of hydrogen-bond acceptors (Lipinski definition) is 2. The molecule has 17 heavy (non-hydrogen) atoms. The van der Waals surface area contributed by atoms with Crippen LogP contribution in [0.2, 0.25) is 0 Å². The van der Waals surface area contributed by atoms with Gasteiger partial charge in [0.1, 0.15) is 0 Å². The van der Waals surface area contributed by atoms with Gasteiger partial charge in [0.05, 0.1) is 18.6 Å². The molecule has 0 saturated carbocycles. The number of rotatable bonds is 3. The summed E-state index contributed by atoms with van der Waals surface area (Å²) in [4.78, 5) is 11.2. The summed E-state index contributed by atoms with van der Waals surface area (Å²) in [6, 6.07) is 3.30. The van der Waals surface area contributed by atoms with E-state index in [-0.39, 0.29) is 13.0 Å². The average Bonchev–Trinajstić information content (AvgIpc) is 2.20. The quantitative estimate of drug-likeness (QED) is 0.612. The van der Waals surface area contributed by atoms with E-state index in [1.807, 2.05) is 0 Å². The lowest BCUT2D eigenvalue weighted by Gasteiger charge is -2.09. The Morgan fingerprint density at radius 3 is 2.53 bits per heavy atom. The van der Waals surface area contributed by atoms with Crippen LogP contribution < -0.4 is 0 Å². The van der Waals surface area contributed by atoms with Gasteiger partial charge in [0.2, 0.25) is 0 Å². The van der Waals surface area contributed by atoms with Gasteiger partial charge in [-0.05, 0) is 47.2 Å². The van der Waals surface area contributed by atoms with Crippen LogP contribution in [0.25, 0.3) is 0 Å². The predicted molar refractivity (Wildman–Crippen MR) is 64.5 cm³/mol. The molecule has 0 heterocycles. The largest absolute Gasteiger partial charge is 0.466 e. The van der Waals surface area contributed by atoms with Crippen molar-refractivity contribution >= 4 is 28.6 Å². The lowest BCUT2D eigenvalue weighted by molar-refractivity contribution is -0.142. The van der Waals surface area contributed by atoms with Crippen molar-refractivity contribution in [3.8, 4) is 0 Å². The Morgan fingerprint density at radius 2 is 2.06 bits per heavy atom. The fourth-order valence-electron chi connectivity index (χ4n) is 1.23. The molecule has 2 nitrogen and oxygen atoms in total. The molecule has 0 aliphatic heterocycles. The van der Waals surface area contributed by atoms with Gasteiger partial charge in [-0.25, -0.2) is 0 Å². The van der Waals surface area contributed by atoms with E-state index < -0.39 is 17.7 Å². The molecule has 0 aliphatic carbocycles. The van der Waals surface area contributed by atoms with Crippen molar-refractivity contribution in [2.45, 2.75) is 19.5 Å². The monoisotopic (exact) mass is 358 g/mol. The van der Waals surface area contributed by atoms with Crippen molar-refractivity contribution in [1.82, 2.24) is 0 Å². The minimum Gasteiger partial charge on any atom is -0.466 e. The first kappa shape index (κ1) is 14.3. The SMILES string of the molecule is CCOC(=O)Cc1ccc(C(F)(F)F)cc1I. The molecule has 0 unspecified atom stereocenters. The first-order valence-corrected chi connectivity index (χ1v) is 5.93. The Balaban J connectivity index is 2.87. The number of ether oxygens (including phenoxy) is 1. The van der Waals surface area contributed by atoms with Crippen LogP contribution >= 0.6 is 22.6 Å². The van der Waals surface area contributed by atoms with Gasteiger partial charge in [0, 0.05) is 3.57 Å². The highest BCUT2D eigenvalue weighted by atomic mass is 127. The molecule has 94 valence electrons. The van der Waals surface area contributed by atoms with Gasteiger partial charge >= 0.3 is 12.1 Å². The molecule has 0 spiro atoms. The fourth-order valence-corrected chi connectivity index (χ4v) is 1.94.